The second kappa shape index (κ2) is 12.4. The zero-order valence-corrected chi connectivity index (χ0v) is 23.5. The molecule has 1 aliphatic heterocycles. The van der Waals surface area contributed by atoms with E-state index < -0.39 is 0 Å². The summed E-state index contributed by atoms with van der Waals surface area (Å²) in [6.45, 7) is 6.50. The molecule has 1 fully saturated rings. The Kier molecular flexibility index (Phi) is 8.06. The lowest BCUT2D eigenvalue weighted by molar-refractivity contribution is 0.0935. The maximum Gasteiger partial charge on any atom is 0.252 e. The quantitative estimate of drug-likeness (QED) is 0.228. The van der Waals surface area contributed by atoms with Gasteiger partial charge in [-0.1, -0.05) is 104 Å². The van der Waals surface area contributed by atoms with E-state index in [0.717, 1.165) is 71.5 Å². The number of rotatable bonds is 8. The van der Waals surface area contributed by atoms with Crippen LogP contribution in [0.4, 0.5) is 5.69 Å². The van der Waals surface area contributed by atoms with Gasteiger partial charge in [0.2, 0.25) is 0 Å². The molecule has 0 saturated carbocycles. The number of hydrogen-bond donors (Lipinski definition) is 1. The molecule has 1 aromatic heterocycles. The minimum absolute atomic E-state index is 0.0468. The molecule has 0 aliphatic carbocycles. The number of hydrogen-bond acceptors (Lipinski definition) is 4. The molecule has 6 rings (SSSR count). The van der Waals surface area contributed by atoms with E-state index in [-0.39, 0.29) is 11.9 Å². The number of benzene rings is 4. The molecule has 0 radical (unpaired) electrons. The van der Waals surface area contributed by atoms with Crippen LogP contribution in [0.15, 0.2) is 115 Å². The average Bonchev–Trinajstić information content (AvgIpc) is 3.04. The second-order valence-electron chi connectivity index (χ2n) is 10.6. The first-order chi connectivity index (χ1) is 20.2. The van der Waals surface area contributed by atoms with Crippen LogP contribution in [0.25, 0.3) is 22.2 Å². The molecule has 1 saturated heterocycles. The van der Waals surface area contributed by atoms with Crippen LogP contribution in [-0.2, 0) is 6.54 Å². The zero-order valence-electron chi connectivity index (χ0n) is 23.5. The molecule has 1 N–H and O–H groups in total. The standard InChI is InChI=1S/C36H36N4O/c1-2-32(27-14-6-3-7-15-27)38-36(41)34-30-20-12-13-21-33(30)37-35(28-16-8-4-9-17-28)31(34)26-39-22-24-40(25-23-39)29-18-10-5-11-19-29/h3-21,32H,2,22-26H2,1H3,(H,38,41). The Morgan fingerprint density at radius 1 is 0.780 bits per heavy atom. The molecule has 5 heteroatoms. The highest BCUT2D eigenvalue weighted by Crippen LogP contribution is 2.32. The summed E-state index contributed by atoms with van der Waals surface area (Å²) >= 11 is 0. The van der Waals surface area contributed by atoms with Gasteiger partial charge >= 0.3 is 0 Å². The Morgan fingerprint density at radius 2 is 1.39 bits per heavy atom. The van der Waals surface area contributed by atoms with Crippen molar-refractivity contribution in [1.82, 2.24) is 15.2 Å². The molecule has 1 amide bonds. The second-order valence-corrected chi connectivity index (χ2v) is 10.6. The van der Waals surface area contributed by atoms with Crippen molar-refractivity contribution < 1.29 is 4.79 Å². The SMILES string of the molecule is CCC(NC(=O)c1c(CN2CCN(c3ccccc3)CC2)c(-c2ccccc2)nc2ccccc12)c1ccccc1. The fraction of sp³-hybridized carbons (Fsp3) is 0.222. The first-order valence-corrected chi connectivity index (χ1v) is 14.6. The molecule has 4 aromatic carbocycles. The van der Waals surface area contributed by atoms with Crippen LogP contribution in [0.5, 0.6) is 0 Å². The highest BCUT2D eigenvalue weighted by atomic mass is 16.1. The van der Waals surface area contributed by atoms with E-state index in [9.17, 15) is 4.79 Å². The highest BCUT2D eigenvalue weighted by Gasteiger charge is 2.26. The van der Waals surface area contributed by atoms with Crippen LogP contribution < -0.4 is 10.2 Å². The predicted octanol–water partition coefficient (Wildman–Crippen LogP) is 7.11. The van der Waals surface area contributed by atoms with Gasteiger partial charge in [-0.05, 0) is 30.2 Å². The molecule has 1 atom stereocenters. The molecule has 206 valence electrons. The number of aromatic nitrogens is 1. The third-order valence-electron chi connectivity index (χ3n) is 8.06. The van der Waals surface area contributed by atoms with E-state index >= 15 is 0 Å². The first-order valence-electron chi connectivity index (χ1n) is 14.6. The fourth-order valence-electron chi connectivity index (χ4n) is 5.86. The smallest absolute Gasteiger partial charge is 0.252 e. The molecule has 1 unspecified atom stereocenters. The number of pyridine rings is 1. The third-order valence-corrected chi connectivity index (χ3v) is 8.06. The molecule has 41 heavy (non-hydrogen) atoms. The largest absolute Gasteiger partial charge is 0.369 e. The van der Waals surface area contributed by atoms with Gasteiger partial charge in [0, 0.05) is 54.9 Å². The molecule has 5 nitrogen and oxygen atoms in total. The summed E-state index contributed by atoms with van der Waals surface area (Å²) in [5, 5.41) is 4.28. The highest BCUT2D eigenvalue weighted by molar-refractivity contribution is 6.09. The summed E-state index contributed by atoms with van der Waals surface area (Å²) in [6, 6.07) is 39.1. The minimum atomic E-state index is -0.0712. The van der Waals surface area contributed by atoms with Gasteiger partial charge in [0.15, 0.2) is 0 Å². The molecular formula is C36H36N4O. The third kappa shape index (κ3) is 5.86. The molecule has 0 bridgehead atoms. The number of carbonyl (C=O) groups excluding carboxylic acids is 1. The number of piperazine rings is 1. The van der Waals surface area contributed by atoms with Gasteiger partial charge in [-0.15, -0.1) is 0 Å². The van der Waals surface area contributed by atoms with Gasteiger partial charge in [0.05, 0.1) is 22.8 Å². The van der Waals surface area contributed by atoms with Crippen LogP contribution in [-0.4, -0.2) is 42.0 Å². The van der Waals surface area contributed by atoms with Crippen molar-refractivity contribution >= 4 is 22.5 Å². The fourth-order valence-corrected chi connectivity index (χ4v) is 5.86. The van der Waals surface area contributed by atoms with E-state index in [1.54, 1.807) is 0 Å². The van der Waals surface area contributed by atoms with Crippen LogP contribution in [0.3, 0.4) is 0 Å². The van der Waals surface area contributed by atoms with Crippen molar-refractivity contribution in [1.29, 1.82) is 0 Å². The van der Waals surface area contributed by atoms with Gasteiger partial charge in [-0.3, -0.25) is 9.69 Å². The summed E-state index contributed by atoms with van der Waals surface area (Å²) in [5.74, 6) is -0.0468. The molecule has 5 aromatic rings. The number of fused-ring (bicyclic) bond motifs is 1. The van der Waals surface area contributed by atoms with E-state index in [4.69, 9.17) is 4.98 Å². The van der Waals surface area contributed by atoms with Gasteiger partial charge in [-0.25, -0.2) is 4.98 Å². The van der Waals surface area contributed by atoms with Gasteiger partial charge in [0.1, 0.15) is 0 Å². The average molecular weight is 541 g/mol. The number of para-hydroxylation sites is 2. The van der Waals surface area contributed by atoms with Crippen molar-refractivity contribution in [2.24, 2.45) is 0 Å². The number of nitrogens with one attached hydrogen (secondary N) is 1. The monoisotopic (exact) mass is 540 g/mol. The van der Waals surface area contributed by atoms with Crippen LogP contribution in [0, 0.1) is 0 Å². The number of nitrogens with zero attached hydrogens (tertiary/aromatic N) is 3. The first kappa shape index (κ1) is 26.7. The Balaban J connectivity index is 1.39. The van der Waals surface area contributed by atoms with E-state index in [1.165, 1.54) is 5.69 Å². The van der Waals surface area contributed by atoms with Gasteiger partial charge in [0.25, 0.3) is 5.91 Å². The van der Waals surface area contributed by atoms with Crippen LogP contribution >= 0.6 is 0 Å². The van der Waals surface area contributed by atoms with E-state index in [2.05, 4.69) is 76.6 Å². The summed E-state index contributed by atoms with van der Waals surface area (Å²) < 4.78 is 0. The van der Waals surface area contributed by atoms with Gasteiger partial charge in [-0.2, -0.15) is 0 Å². The van der Waals surface area contributed by atoms with Gasteiger partial charge < -0.3 is 10.2 Å². The molecule has 1 aliphatic rings. The summed E-state index contributed by atoms with van der Waals surface area (Å²) in [4.78, 5) is 24.4. The zero-order chi connectivity index (χ0) is 28.0. The molecule has 0 spiro atoms. The number of anilines is 1. The summed E-state index contributed by atoms with van der Waals surface area (Å²) in [6.07, 6.45) is 0.807. The maximum absolute atomic E-state index is 14.3. The van der Waals surface area contributed by atoms with Crippen molar-refractivity contribution in [3.63, 3.8) is 0 Å². The number of amides is 1. The van der Waals surface area contributed by atoms with Crippen molar-refractivity contribution in [2.45, 2.75) is 25.9 Å². The lowest BCUT2D eigenvalue weighted by atomic mass is 9.94. The number of carbonyl (C=O) groups is 1. The van der Waals surface area contributed by atoms with Crippen molar-refractivity contribution in [3.8, 4) is 11.3 Å². The normalized spacial score (nSPS) is 14.6. The summed E-state index contributed by atoms with van der Waals surface area (Å²) in [7, 11) is 0. The maximum atomic E-state index is 14.3. The predicted molar refractivity (Wildman–Crippen MR) is 168 cm³/mol. The Morgan fingerprint density at radius 3 is 2.07 bits per heavy atom. The summed E-state index contributed by atoms with van der Waals surface area (Å²) in [5.41, 5.74) is 6.84. The Labute approximate surface area is 242 Å². The minimum Gasteiger partial charge on any atom is -0.369 e. The Bertz CT molecular complexity index is 1600. The lowest BCUT2D eigenvalue weighted by Gasteiger charge is -2.36. The van der Waals surface area contributed by atoms with Crippen molar-refractivity contribution in [3.05, 3.63) is 132 Å². The van der Waals surface area contributed by atoms with E-state index in [0.29, 0.717) is 6.54 Å². The van der Waals surface area contributed by atoms with E-state index in [1.807, 2.05) is 60.7 Å². The molecular weight excluding hydrogens is 504 g/mol. The Hall–Kier alpha value is -4.48. The van der Waals surface area contributed by atoms with Crippen LogP contribution in [0.1, 0.15) is 40.9 Å². The lowest BCUT2D eigenvalue weighted by Crippen LogP contribution is -2.46. The topological polar surface area (TPSA) is 48.5 Å². The van der Waals surface area contributed by atoms with Crippen molar-refractivity contribution in [2.75, 3.05) is 31.1 Å². The van der Waals surface area contributed by atoms with Crippen LogP contribution in [0.2, 0.25) is 0 Å². The molecule has 2 heterocycles.